The highest BCUT2D eigenvalue weighted by molar-refractivity contribution is 5.01. The van der Waals surface area contributed by atoms with Crippen LogP contribution in [0.25, 0.3) is 0 Å². The molecule has 1 aromatic rings. The smallest absolute Gasteiger partial charge is 0.183 e. The predicted octanol–water partition coefficient (Wildman–Crippen LogP) is 0.986. The second-order valence-corrected chi connectivity index (χ2v) is 3.99. The van der Waals surface area contributed by atoms with Crippen LogP contribution in [-0.4, -0.2) is 41.5 Å². The van der Waals surface area contributed by atoms with Crippen molar-refractivity contribution in [2.75, 3.05) is 14.2 Å². The molecule has 0 saturated heterocycles. The molecule has 0 aliphatic rings. The fraction of sp³-hybridized carbons (Fsp3) is 0.727. The number of nitrogens with zero attached hydrogens (tertiary/aromatic N) is 2. The monoisotopic (exact) mass is 228 g/mol. The quantitative estimate of drug-likeness (QED) is 0.738. The number of hydrogen-bond acceptors (Lipinski definition) is 4. The Labute approximate surface area is 96.0 Å². The number of aromatic nitrogens is 2. The maximum atomic E-state index is 9.81. The molecule has 0 bridgehead atoms. The van der Waals surface area contributed by atoms with E-state index in [1.54, 1.807) is 0 Å². The van der Waals surface area contributed by atoms with Crippen molar-refractivity contribution in [3.63, 3.8) is 0 Å². The van der Waals surface area contributed by atoms with Gasteiger partial charge in [0.1, 0.15) is 6.10 Å². The Hall–Kier alpha value is -0.910. The van der Waals surface area contributed by atoms with Crippen LogP contribution in [0.2, 0.25) is 0 Å². The van der Waals surface area contributed by atoms with Crippen molar-refractivity contribution < 1.29 is 14.6 Å². The summed E-state index contributed by atoms with van der Waals surface area (Å²) in [5, 5.41) is 14.2. The zero-order chi connectivity index (χ0) is 12.1. The summed E-state index contributed by atoms with van der Waals surface area (Å²) < 4.78 is 11.8. The van der Waals surface area contributed by atoms with Crippen molar-refractivity contribution >= 4 is 0 Å². The minimum Gasteiger partial charge on any atom is -0.387 e. The van der Waals surface area contributed by atoms with E-state index in [9.17, 15) is 5.11 Å². The summed E-state index contributed by atoms with van der Waals surface area (Å²) >= 11 is 0. The van der Waals surface area contributed by atoms with Gasteiger partial charge in [-0.15, -0.1) is 0 Å². The first-order chi connectivity index (χ1) is 7.58. The summed E-state index contributed by atoms with van der Waals surface area (Å²) in [6.45, 7) is 4.11. The van der Waals surface area contributed by atoms with Crippen molar-refractivity contribution in [3.8, 4) is 0 Å². The van der Waals surface area contributed by atoms with Gasteiger partial charge in [0, 0.05) is 32.9 Å². The minimum atomic E-state index is -0.703. The van der Waals surface area contributed by atoms with E-state index >= 15 is 0 Å². The third-order valence-electron chi connectivity index (χ3n) is 2.39. The van der Waals surface area contributed by atoms with Gasteiger partial charge < -0.3 is 14.6 Å². The molecule has 0 spiro atoms. The third kappa shape index (κ3) is 3.30. The fourth-order valence-electron chi connectivity index (χ4n) is 1.49. The average molecular weight is 228 g/mol. The van der Waals surface area contributed by atoms with E-state index < -0.39 is 12.4 Å². The van der Waals surface area contributed by atoms with Gasteiger partial charge in [-0.3, -0.25) is 4.68 Å². The molecule has 0 aliphatic heterocycles. The molecule has 1 N–H and O–H groups in total. The Morgan fingerprint density at radius 1 is 1.38 bits per heavy atom. The average Bonchev–Trinajstić information content (AvgIpc) is 2.68. The highest BCUT2D eigenvalue weighted by Gasteiger charge is 2.19. The molecule has 0 saturated carbocycles. The van der Waals surface area contributed by atoms with E-state index in [1.807, 2.05) is 16.9 Å². The van der Waals surface area contributed by atoms with Gasteiger partial charge in [0.05, 0.1) is 5.69 Å². The van der Waals surface area contributed by atoms with Gasteiger partial charge in [0.15, 0.2) is 6.29 Å². The van der Waals surface area contributed by atoms with E-state index in [1.165, 1.54) is 14.2 Å². The van der Waals surface area contributed by atoms with Crippen molar-refractivity contribution in [3.05, 3.63) is 18.0 Å². The van der Waals surface area contributed by atoms with Gasteiger partial charge in [0.2, 0.25) is 0 Å². The van der Waals surface area contributed by atoms with Crippen molar-refractivity contribution in [1.82, 2.24) is 9.78 Å². The Bertz CT molecular complexity index is 308. The highest BCUT2D eigenvalue weighted by Crippen LogP contribution is 2.09. The van der Waals surface area contributed by atoms with E-state index in [0.717, 1.165) is 5.69 Å². The van der Waals surface area contributed by atoms with Crippen LogP contribution in [0.15, 0.2) is 12.3 Å². The second-order valence-electron chi connectivity index (χ2n) is 3.99. The molecule has 1 rings (SSSR count). The van der Waals surface area contributed by atoms with Gasteiger partial charge in [-0.25, -0.2) is 0 Å². The topological polar surface area (TPSA) is 56.5 Å². The van der Waals surface area contributed by atoms with Gasteiger partial charge >= 0.3 is 0 Å². The number of aliphatic hydroxyl groups is 1. The Morgan fingerprint density at radius 3 is 2.44 bits per heavy atom. The third-order valence-corrected chi connectivity index (χ3v) is 2.39. The van der Waals surface area contributed by atoms with E-state index in [-0.39, 0.29) is 0 Å². The summed E-state index contributed by atoms with van der Waals surface area (Å²) in [4.78, 5) is 0. The minimum absolute atomic E-state index is 0.326. The first-order valence-electron chi connectivity index (χ1n) is 5.36. The zero-order valence-corrected chi connectivity index (χ0v) is 10.3. The molecule has 1 heterocycles. The second kappa shape index (κ2) is 5.98. The SMILES string of the molecule is COC(OC)C(O)Cc1ccn(C(C)C)n1. The molecule has 0 radical (unpaired) electrons. The summed E-state index contributed by atoms with van der Waals surface area (Å²) in [6.07, 6.45) is 1.02. The molecule has 0 amide bonds. The Morgan fingerprint density at radius 2 is 2.00 bits per heavy atom. The van der Waals surface area contributed by atoms with Crippen LogP contribution in [0.3, 0.4) is 0 Å². The van der Waals surface area contributed by atoms with Crippen LogP contribution < -0.4 is 0 Å². The molecule has 92 valence electrons. The van der Waals surface area contributed by atoms with Crippen LogP contribution in [0, 0.1) is 0 Å². The van der Waals surface area contributed by atoms with Gasteiger partial charge in [-0.2, -0.15) is 5.10 Å². The molecule has 16 heavy (non-hydrogen) atoms. The van der Waals surface area contributed by atoms with Gasteiger partial charge in [-0.05, 0) is 19.9 Å². The van der Waals surface area contributed by atoms with Gasteiger partial charge in [-0.1, -0.05) is 0 Å². The number of methoxy groups -OCH3 is 2. The summed E-state index contributed by atoms with van der Waals surface area (Å²) in [6, 6.07) is 2.22. The van der Waals surface area contributed by atoms with Crippen molar-refractivity contribution in [2.45, 2.75) is 38.7 Å². The lowest BCUT2D eigenvalue weighted by molar-refractivity contribution is -0.163. The van der Waals surface area contributed by atoms with E-state index in [0.29, 0.717) is 12.5 Å². The number of aliphatic hydroxyl groups excluding tert-OH is 1. The molecular formula is C11H20N2O3. The van der Waals surface area contributed by atoms with E-state index in [4.69, 9.17) is 9.47 Å². The molecule has 5 heteroatoms. The molecule has 5 nitrogen and oxygen atoms in total. The van der Waals surface area contributed by atoms with Gasteiger partial charge in [0.25, 0.3) is 0 Å². The Kier molecular flexibility index (Phi) is 4.92. The first kappa shape index (κ1) is 13.2. The summed E-state index contributed by atoms with van der Waals surface area (Å²) in [7, 11) is 3.01. The summed E-state index contributed by atoms with van der Waals surface area (Å²) in [5.74, 6) is 0. The number of ether oxygens (including phenoxy) is 2. The van der Waals surface area contributed by atoms with Crippen LogP contribution in [-0.2, 0) is 15.9 Å². The maximum Gasteiger partial charge on any atom is 0.183 e. The lowest BCUT2D eigenvalue weighted by Gasteiger charge is -2.18. The first-order valence-corrected chi connectivity index (χ1v) is 5.36. The molecule has 1 unspecified atom stereocenters. The van der Waals surface area contributed by atoms with E-state index in [2.05, 4.69) is 18.9 Å². The molecule has 0 aliphatic carbocycles. The van der Waals surface area contributed by atoms with Crippen LogP contribution in [0.4, 0.5) is 0 Å². The van der Waals surface area contributed by atoms with Crippen LogP contribution >= 0.6 is 0 Å². The van der Waals surface area contributed by atoms with Crippen LogP contribution in [0.1, 0.15) is 25.6 Å². The lowest BCUT2D eigenvalue weighted by Crippen LogP contribution is -2.31. The maximum absolute atomic E-state index is 9.81. The molecule has 0 aromatic carbocycles. The Balaban J connectivity index is 2.58. The van der Waals surface area contributed by atoms with Crippen molar-refractivity contribution in [1.29, 1.82) is 0 Å². The molecule has 0 fully saturated rings. The molecule has 1 atom stereocenters. The normalized spacial score (nSPS) is 13.7. The number of rotatable bonds is 6. The fourth-order valence-corrected chi connectivity index (χ4v) is 1.49. The molecule has 1 aromatic heterocycles. The highest BCUT2D eigenvalue weighted by atomic mass is 16.7. The zero-order valence-electron chi connectivity index (χ0n) is 10.3. The lowest BCUT2D eigenvalue weighted by atomic mass is 10.2. The number of hydrogen-bond donors (Lipinski definition) is 1. The predicted molar refractivity (Wildman–Crippen MR) is 60.1 cm³/mol. The standard InChI is InChI=1S/C11H20N2O3/c1-8(2)13-6-5-9(12-13)7-10(14)11(15-3)16-4/h5-6,8,10-11,14H,7H2,1-4H3. The molecular weight excluding hydrogens is 208 g/mol. The van der Waals surface area contributed by atoms with Crippen molar-refractivity contribution in [2.24, 2.45) is 0 Å². The van der Waals surface area contributed by atoms with Crippen LogP contribution in [0.5, 0.6) is 0 Å². The largest absolute Gasteiger partial charge is 0.387 e. The summed E-state index contributed by atoms with van der Waals surface area (Å²) in [5.41, 5.74) is 0.834.